The van der Waals surface area contributed by atoms with Crippen molar-refractivity contribution in [2.75, 3.05) is 21.3 Å². The highest BCUT2D eigenvalue weighted by molar-refractivity contribution is 5.98. The van der Waals surface area contributed by atoms with Crippen molar-refractivity contribution in [1.82, 2.24) is 15.1 Å². The molecule has 0 spiro atoms. The second-order valence-electron chi connectivity index (χ2n) is 10.5. The van der Waals surface area contributed by atoms with Crippen molar-refractivity contribution in [3.8, 4) is 56.8 Å². The van der Waals surface area contributed by atoms with Gasteiger partial charge in [0.25, 0.3) is 23.0 Å². The molecule has 252 valence electrons. The summed E-state index contributed by atoms with van der Waals surface area (Å²) in [5.74, 6) is 1.79. The number of methoxy groups -OCH3 is 3. The third kappa shape index (κ3) is 6.37. The smallest absolute Gasteiger partial charge is 0.285 e. The lowest BCUT2D eigenvalue weighted by Crippen LogP contribution is -2.00. The molecule has 6 aromatic rings. The van der Waals surface area contributed by atoms with Gasteiger partial charge in [0.1, 0.15) is 5.75 Å². The molecule has 0 unspecified atom stereocenters. The fraction of sp³-hybridized carbons (Fsp3) is 0.121. The van der Waals surface area contributed by atoms with Gasteiger partial charge in [-0.2, -0.15) is 4.98 Å². The molecule has 17 nitrogen and oxygen atoms in total. The Morgan fingerprint density at radius 2 is 1.32 bits per heavy atom. The van der Waals surface area contributed by atoms with Crippen LogP contribution in [-0.2, 0) is 6.61 Å². The van der Waals surface area contributed by atoms with Gasteiger partial charge in [-0.15, -0.1) is 0 Å². The van der Waals surface area contributed by atoms with Crippen LogP contribution in [0.25, 0.3) is 44.7 Å². The number of nitro groups is 3. The molecule has 2 aromatic heterocycles. The fourth-order valence-corrected chi connectivity index (χ4v) is 5.19. The van der Waals surface area contributed by atoms with E-state index in [9.17, 15) is 30.3 Å². The number of fused-ring (bicyclic) bond motifs is 1. The minimum absolute atomic E-state index is 0.0339. The zero-order valence-electron chi connectivity index (χ0n) is 26.4. The Hall–Kier alpha value is -7.17. The Balaban J connectivity index is 1.37. The number of nitro benzene ring substituents is 3. The molecule has 6 rings (SSSR count). The van der Waals surface area contributed by atoms with Crippen molar-refractivity contribution in [3.05, 3.63) is 115 Å². The minimum atomic E-state index is -0.717. The molecule has 0 aliphatic heterocycles. The number of non-ortho nitro benzene ring substituents is 3. The predicted octanol–water partition coefficient (Wildman–Crippen LogP) is 6.95. The van der Waals surface area contributed by atoms with E-state index in [-0.39, 0.29) is 34.9 Å². The van der Waals surface area contributed by atoms with Gasteiger partial charge in [0.2, 0.25) is 11.6 Å². The first-order chi connectivity index (χ1) is 24.1. The summed E-state index contributed by atoms with van der Waals surface area (Å²) in [6, 6.07) is 19.4. The van der Waals surface area contributed by atoms with Gasteiger partial charge in [-0.25, -0.2) is 4.98 Å². The first-order valence-corrected chi connectivity index (χ1v) is 14.5. The number of nitrogens with zero attached hydrogens (tertiary/aromatic N) is 6. The van der Waals surface area contributed by atoms with Gasteiger partial charge in [0, 0.05) is 34.9 Å². The summed E-state index contributed by atoms with van der Waals surface area (Å²) in [5, 5.41) is 38.6. The van der Waals surface area contributed by atoms with Crippen molar-refractivity contribution in [2.45, 2.75) is 6.61 Å². The maximum atomic E-state index is 12.0. The summed E-state index contributed by atoms with van der Waals surface area (Å²) in [6.45, 7) is -0.0605. The van der Waals surface area contributed by atoms with Gasteiger partial charge in [-0.1, -0.05) is 17.3 Å². The molecule has 0 saturated heterocycles. The van der Waals surface area contributed by atoms with Crippen LogP contribution in [-0.4, -0.2) is 51.2 Å². The van der Waals surface area contributed by atoms with Gasteiger partial charge >= 0.3 is 0 Å². The normalized spacial score (nSPS) is 10.9. The topological polar surface area (TPSA) is 218 Å². The quantitative estimate of drug-likeness (QED) is 0.0943. The first-order valence-electron chi connectivity index (χ1n) is 14.5. The van der Waals surface area contributed by atoms with E-state index in [0.717, 1.165) is 6.07 Å². The molecule has 50 heavy (non-hydrogen) atoms. The lowest BCUT2D eigenvalue weighted by atomic mass is 9.96. The van der Waals surface area contributed by atoms with Crippen molar-refractivity contribution in [1.29, 1.82) is 0 Å². The monoisotopic (exact) mass is 680 g/mol. The number of hydrogen-bond acceptors (Lipinski definition) is 14. The molecule has 0 aliphatic carbocycles. The Kier molecular flexibility index (Phi) is 8.85. The standard InChI is InChI=1S/C33H24N6O11/c1-46-28-12-20(13-29(47-2)32(28)48-3)31-24(16-25-26(34-31)14-22(38(42)43)15-27(25)39(44)45)18-6-10-23(11-7-18)49-17-30-35-33(50-36-30)19-4-8-21(9-5-19)37(40)41/h4-16H,17H2,1-3H3. The Labute approximate surface area is 281 Å². The van der Waals surface area contributed by atoms with Crippen LogP contribution >= 0.6 is 0 Å². The highest BCUT2D eigenvalue weighted by atomic mass is 16.6. The van der Waals surface area contributed by atoms with E-state index in [1.54, 1.807) is 42.5 Å². The second-order valence-corrected chi connectivity index (χ2v) is 10.5. The van der Waals surface area contributed by atoms with Crippen molar-refractivity contribution in [3.63, 3.8) is 0 Å². The van der Waals surface area contributed by atoms with Gasteiger partial charge in [-0.3, -0.25) is 30.3 Å². The number of hydrogen-bond donors (Lipinski definition) is 0. The molecule has 17 heteroatoms. The second kappa shape index (κ2) is 13.5. The molecule has 0 fully saturated rings. The average Bonchev–Trinajstić information content (AvgIpc) is 3.61. The maximum absolute atomic E-state index is 12.0. The van der Waals surface area contributed by atoms with E-state index in [1.807, 2.05) is 0 Å². The summed E-state index contributed by atoms with van der Waals surface area (Å²) < 4.78 is 27.6. The Morgan fingerprint density at radius 1 is 0.680 bits per heavy atom. The third-order valence-electron chi connectivity index (χ3n) is 7.57. The SMILES string of the molecule is COc1cc(-c2nc3cc([N+](=O)[O-])cc([N+](=O)[O-])c3cc2-c2ccc(OCc3noc(-c4ccc([N+](=O)[O-])cc4)n3)cc2)cc(OC)c1OC. The highest BCUT2D eigenvalue weighted by Crippen LogP contribution is 2.44. The lowest BCUT2D eigenvalue weighted by Gasteiger charge is -2.16. The summed E-state index contributed by atoms with van der Waals surface area (Å²) in [6.07, 6.45) is 0. The molecule has 0 bridgehead atoms. The van der Waals surface area contributed by atoms with Crippen LogP contribution in [0.4, 0.5) is 17.1 Å². The van der Waals surface area contributed by atoms with Crippen LogP contribution < -0.4 is 18.9 Å². The minimum Gasteiger partial charge on any atom is -0.493 e. The zero-order valence-corrected chi connectivity index (χ0v) is 26.4. The van der Waals surface area contributed by atoms with Crippen molar-refractivity contribution >= 4 is 28.0 Å². The van der Waals surface area contributed by atoms with Gasteiger partial charge in [0.05, 0.1) is 58.8 Å². The number of pyridine rings is 1. The molecule has 0 radical (unpaired) electrons. The largest absolute Gasteiger partial charge is 0.493 e. The summed E-state index contributed by atoms with van der Waals surface area (Å²) in [4.78, 5) is 41.7. The van der Waals surface area contributed by atoms with E-state index in [1.165, 1.54) is 51.7 Å². The van der Waals surface area contributed by atoms with Crippen LogP contribution in [0.2, 0.25) is 0 Å². The molecule has 0 aliphatic rings. The van der Waals surface area contributed by atoms with E-state index in [0.29, 0.717) is 50.9 Å². The Morgan fingerprint density at radius 3 is 1.90 bits per heavy atom. The van der Waals surface area contributed by atoms with Crippen LogP contribution in [0.15, 0.2) is 83.4 Å². The third-order valence-corrected chi connectivity index (χ3v) is 7.57. The number of aromatic nitrogens is 3. The van der Waals surface area contributed by atoms with E-state index >= 15 is 0 Å². The summed E-state index contributed by atoms with van der Waals surface area (Å²) in [5.41, 5.74) is 1.35. The number of benzene rings is 4. The molecule has 0 saturated carbocycles. The molecule has 2 heterocycles. The molecule has 4 aromatic carbocycles. The molecular formula is C33H24N6O11. The van der Waals surface area contributed by atoms with Crippen molar-refractivity contribution < 1.29 is 38.2 Å². The Bertz CT molecular complexity index is 2250. The molecule has 0 N–H and O–H groups in total. The summed E-state index contributed by atoms with van der Waals surface area (Å²) >= 11 is 0. The fourth-order valence-electron chi connectivity index (χ4n) is 5.19. The lowest BCUT2D eigenvalue weighted by molar-refractivity contribution is -0.393. The van der Waals surface area contributed by atoms with Gasteiger partial charge in [0.15, 0.2) is 18.1 Å². The molecular weight excluding hydrogens is 656 g/mol. The average molecular weight is 681 g/mol. The van der Waals surface area contributed by atoms with Gasteiger partial charge < -0.3 is 23.5 Å². The van der Waals surface area contributed by atoms with Gasteiger partial charge in [-0.05, 0) is 48.0 Å². The van der Waals surface area contributed by atoms with Crippen LogP contribution in [0.3, 0.4) is 0 Å². The van der Waals surface area contributed by atoms with E-state index in [4.69, 9.17) is 28.5 Å². The number of rotatable bonds is 12. The van der Waals surface area contributed by atoms with Crippen LogP contribution in [0.1, 0.15) is 5.82 Å². The van der Waals surface area contributed by atoms with Crippen molar-refractivity contribution in [2.24, 2.45) is 0 Å². The summed E-state index contributed by atoms with van der Waals surface area (Å²) in [7, 11) is 4.36. The molecule has 0 atom stereocenters. The van der Waals surface area contributed by atoms with Crippen LogP contribution in [0, 0.1) is 30.3 Å². The number of ether oxygens (including phenoxy) is 4. The first kappa shape index (κ1) is 32.8. The zero-order chi connectivity index (χ0) is 35.5. The highest BCUT2D eigenvalue weighted by Gasteiger charge is 2.24. The van der Waals surface area contributed by atoms with E-state index in [2.05, 4.69) is 10.1 Å². The molecule has 0 amide bonds. The predicted molar refractivity (Wildman–Crippen MR) is 176 cm³/mol. The van der Waals surface area contributed by atoms with E-state index < -0.39 is 26.1 Å². The van der Waals surface area contributed by atoms with Crippen LogP contribution in [0.5, 0.6) is 23.0 Å². The maximum Gasteiger partial charge on any atom is 0.285 e.